The summed E-state index contributed by atoms with van der Waals surface area (Å²) in [6.45, 7) is 1.95. The van der Waals surface area contributed by atoms with Crippen molar-refractivity contribution >= 4 is 11.9 Å². The first-order valence-corrected chi connectivity index (χ1v) is 6.16. The molecule has 0 aliphatic heterocycles. The van der Waals surface area contributed by atoms with Crippen molar-refractivity contribution in [1.82, 2.24) is 0 Å². The van der Waals surface area contributed by atoms with E-state index in [4.69, 9.17) is 10.2 Å². The largest absolute Gasteiger partial charge is 0.478 e. The highest BCUT2D eigenvalue weighted by molar-refractivity contribution is 6.01. The number of aromatic carboxylic acids is 2. The molecule has 0 spiro atoms. The molecule has 21 heavy (non-hydrogen) atoms. The molecule has 0 aliphatic rings. The quantitative estimate of drug-likeness (QED) is 0.829. The topological polar surface area (TPSA) is 74.6 Å². The summed E-state index contributed by atoms with van der Waals surface area (Å²) < 4.78 is 0. The van der Waals surface area contributed by atoms with Gasteiger partial charge in [0, 0.05) is 11.1 Å². The number of aryl methyl sites for hydroxylation is 1. The summed E-state index contributed by atoms with van der Waals surface area (Å²) in [6.07, 6.45) is 0. The molecule has 0 fully saturated rings. The second-order valence-corrected chi connectivity index (χ2v) is 4.49. The standard InChI is InChI=1S/C17H12O4/c1-11-3-2-4-12(9-11)5-6-13-7-8-14(16(18)19)15(10-13)17(20)21/h2-4,7-10H,1H3,(H,18,19)(H,20,21). The number of carboxylic acids is 2. The van der Waals surface area contributed by atoms with E-state index in [9.17, 15) is 9.59 Å². The lowest BCUT2D eigenvalue weighted by Gasteiger charge is -2.01. The highest BCUT2D eigenvalue weighted by atomic mass is 16.4. The fourth-order valence-corrected chi connectivity index (χ4v) is 1.85. The van der Waals surface area contributed by atoms with Crippen molar-refractivity contribution in [1.29, 1.82) is 0 Å². The van der Waals surface area contributed by atoms with Crippen molar-refractivity contribution in [2.24, 2.45) is 0 Å². The van der Waals surface area contributed by atoms with Gasteiger partial charge in [-0.1, -0.05) is 24.0 Å². The van der Waals surface area contributed by atoms with Gasteiger partial charge in [-0.3, -0.25) is 0 Å². The summed E-state index contributed by atoms with van der Waals surface area (Å²) in [4.78, 5) is 22.0. The molecule has 2 rings (SSSR count). The van der Waals surface area contributed by atoms with Gasteiger partial charge in [-0.05, 0) is 42.8 Å². The van der Waals surface area contributed by atoms with E-state index in [1.165, 1.54) is 18.2 Å². The normalized spacial score (nSPS) is 9.57. The molecule has 2 N–H and O–H groups in total. The van der Waals surface area contributed by atoms with Crippen molar-refractivity contribution in [3.8, 4) is 11.8 Å². The van der Waals surface area contributed by atoms with Crippen LogP contribution >= 0.6 is 0 Å². The predicted octanol–water partition coefficient (Wildman–Crippen LogP) is 2.79. The number of hydrogen-bond donors (Lipinski definition) is 2. The third-order valence-electron chi connectivity index (χ3n) is 2.85. The van der Waals surface area contributed by atoms with Crippen LogP contribution in [0.3, 0.4) is 0 Å². The van der Waals surface area contributed by atoms with Gasteiger partial charge < -0.3 is 10.2 Å². The molecule has 2 aromatic carbocycles. The summed E-state index contributed by atoms with van der Waals surface area (Å²) in [5.74, 6) is 3.21. The van der Waals surface area contributed by atoms with Gasteiger partial charge >= 0.3 is 11.9 Å². The van der Waals surface area contributed by atoms with Crippen LogP contribution < -0.4 is 0 Å². The first kappa shape index (κ1) is 14.4. The zero-order valence-electron chi connectivity index (χ0n) is 11.3. The summed E-state index contributed by atoms with van der Waals surface area (Å²) in [5.41, 5.74) is 1.84. The van der Waals surface area contributed by atoms with Crippen molar-refractivity contribution in [2.45, 2.75) is 6.92 Å². The molecule has 2 aromatic rings. The lowest BCUT2D eigenvalue weighted by molar-refractivity contribution is 0.0651. The van der Waals surface area contributed by atoms with E-state index < -0.39 is 11.9 Å². The summed E-state index contributed by atoms with van der Waals surface area (Å²) >= 11 is 0. The molecule has 0 saturated carbocycles. The van der Waals surface area contributed by atoms with Crippen molar-refractivity contribution in [3.63, 3.8) is 0 Å². The van der Waals surface area contributed by atoms with Crippen LogP contribution in [-0.4, -0.2) is 22.2 Å². The van der Waals surface area contributed by atoms with Crippen molar-refractivity contribution in [3.05, 3.63) is 70.3 Å². The molecule has 0 bridgehead atoms. The Kier molecular flexibility index (Phi) is 4.05. The van der Waals surface area contributed by atoms with Crippen LogP contribution in [0.15, 0.2) is 42.5 Å². The SMILES string of the molecule is Cc1cccc(C#Cc2ccc(C(=O)O)c(C(=O)O)c2)c1. The van der Waals surface area contributed by atoms with Crippen LogP contribution in [0.2, 0.25) is 0 Å². The van der Waals surface area contributed by atoms with Crippen LogP contribution in [0.1, 0.15) is 37.4 Å². The first-order chi connectivity index (χ1) is 9.97. The van der Waals surface area contributed by atoms with Gasteiger partial charge in [0.25, 0.3) is 0 Å². The number of rotatable bonds is 2. The number of carboxylic acid groups (broad SMARTS) is 2. The number of benzene rings is 2. The maximum atomic E-state index is 11.1. The van der Waals surface area contributed by atoms with Gasteiger partial charge in [0.2, 0.25) is 0 Å². The number of carbonyl (C=O) groups is 2. The fraction of sp³-hybridized carbons (Fsp3) is 0.0588. The maximum absolute atomic E-state index is 11.1. The molecule has 4 heteroatoms. The lowest BCUT2D eigenvalue weighted by Crippen LogP contribution is -2.08. The minimum Gasteiger partial charge on any atom is -0.478 e. The van der Waals surface area contributed by atoms with Crippen LogP contribution in [0.5, 0.6) is 0 Å². The Labute approximate surface area is 121 Å². The van der Waals surface area contributed by atoms with Gasteiger partial charge in [0.05, 0.1) is 11.1 Å². The predicted molar refractivity (Wildman–Crippen MR) is 77.5 cm³/mol. The Bertz CT molecular complexity index is 779. The molecule has 0 atom stereocenters. The van der Waals surface area contributed by atoms with Crippen LogP contribution in [0.4, 0.5) is 0 Å². The van der Waals surface area contributed by atoms with Gasteiger partial charge in [-0.25, -0.2) is 9.59 Å². The molecular weight excluding hydrogens is 268 g/mol. The molecule has 0 heterocycles. The van der Waals surface area contributed by atoms with E-state index in [2.05, 4.69) is 11.8 Å². The van der Waals surface area contributed by atoms with Crippen molar-refractivity contribution in [2.75, 3.05) is 0 Å². The smallest absolute Gasteiger partial charge is 0.336 e. The Morgan fingerprint density at radius 2 is 1.48 bits per heavy atom. The number of hydrogen-bond acceptors (Lipinski definition) is 2. The van der Waals surface area contributed by atoms with Crippen molar-refractivity contribution < 1.29 is 19.8 Å². The molecule has 0 aliphatic carbocycles. The average molecular weight is 280 g/mol. The van der Waals surface area contributed by atoms with E-state index in [1.807, 2.05) is 31.2 Å². The maximum Gasteiger partial charge on any atom is 0.336 e. The Morgan fingerprint density at radius 3 is 2.05 bits per heavy atom. The molecule has 0 aromatic heterocycles. The van der Waals surface area contributed by atoms with Gasteiger partial charge in [-0.15, -0.1) is 0 Å². The molecule has 0 amide bonds. The molecule has 0 radical (unpaired) electrons. The van der Waals surface area contributed by atoms with E-state index in [0.29, 0.717) is 5.56 Å². The Morgan fingerprint density at radius 1 is 0.857 bits per heavy atom. The van der Waals surface area contributed by atoms with Crippen LogP contribution in [0, 0.1) is 18.8 Å². The monoisotopic (exact) mass is 280 g/mol. The summed E-state index contributed by atoms with van der Waals surface area (Å²) in [6, 6.07) is 11.6. The third kappa shape index (κ3) is 3.48. The highest BCUT2D eigenvalue weighted by Crippen LogP contribution is 2.12. The fourth-order valence-electron chi connectivity index (χ4n) is 1.85. The van der Waals surface area contributed by atoms with E-state index in [0.717, 1.165) is 11.1 Å². The first-order valence-electron chi connectivity index (χ1n) is 6.16. The molecule has 4 nitrogen and oxygen atoms in total. The van der Waals surface area contributed by atoms with E-state index in [-0.39, 0.29) is 11.1 Å². The Hall–Kier alpha value is -3.06. The summed E-state index contributed by atoms with van der Waals surface area (Å²) in [7, 11) is 0. The molecular formula is C17H12O4. The minimum absolute atomic E-state index is 0.247. The molecule has 104 valence electrons. The minimum atomic E-state index is -1.29. The van der Waals surface area contributed by atoms with E-state index >= 15 is 0 Å². The molecule has 0 unspecified atom stereocenters. The van der Waals surface area contributed by atoms with E-state index in [1.54, 1.807) is 0 Å². The zero-order valence-corrected chi connectivity index (χ0v) is 11.3. The van der Waals surface area contributed by atoms with Crippen LogP contribution in [0.25, 0.3) is 0 Å². The molecule has 0 saturated heterocycles. The second kappa shape index (κ2) is 5.93. The highest BCUT2D eigenvalue weighted by Gasteiger charge is 2.15. The average Bonchev–Trinajstić information content (AvgIpc) is 2.44. The second-order valence-electron chi connectivity index (χ2n) is 4.49. The van der Waals surface area contributed by atoms with Gasteiger partial charge in [0.1, 0.15) is 0 Å². The third-order valence-corrected chi connectivity index (χ3v) is 2.85. The van der Waals surface area contributed by atoms with Gasteiger partial charge in [-0.2, -0.15) is 0 Å². The summed E-state index contributed by atoms with van der Waals surface area (Å²) in [5, 5.41) is 18.0. The Balaban J connectivity index is 2.41. The van der Waals surface area contributed by atoms with Gasteiger partial charge in [0.15, 0.2) is 0 Å². The zero-order chi connectivity index (χ0) is 15.4. The van der Waals surface area contributed by atoms with Crippen LogP contribution in [-0.2, 0) is 0 Å². The lowest BCUT2D eigenvalue weighted by atomic mass is 10.0.